The van der Waals surface area contributed by atoms with Gasteiger partial charge in [0.15, 0.2) is 23.6 Å². The molecular formula is C66H63F4N5O16. The van der Waals surface area contributed by atoms with E-state index in [9.17, 15) is 66.4 Å². The normalized spacial score (nSPS) is 25.1. The molecule has 21 nitrogen and oxygen atoms in total. The van der Waals surface area contributed by atoms with Gasteiger partial charge < -0.3 is 55.8 Å². The molecule has 1 aliphatic heterocycles. The summed E-state index contributed by atoms with van der Waals surface area (Å²) in [6.45, 7) is 7.97. The van der Waals surface area contributed by atoms with Crippen LogP contribution in [-0.4, -0.2) is 122 Å². The van der Waals surface area contributed by atoms with Crippen LogP contribution < -0.4 is 21.7 Å². The second kappa shape index (κ2) is 25.7. The molecule has 11 atom stereocenters. The number of primary amides is 2. The van der Waals surface area contributed by atoms with Crippen LogP contribution in [0.25, 0.3) is 11.3 Å². The standard InChI is InChI=1S/C47H51NO14.C19H12F4N4O2/c1-25-31(60-43(56)36(52)35(28-16-10-7-11-17-28)48-41(54)29-18-12-8-13-19-29)23-47(57)40(61-42(55)30-20-14-9-15-21-30)38-45(6,32(51)22-33-46(38,24-58-33)62-27(3)50)39(53)37(59-26(2)49)34(25)44(47,4)5;20-9-4-5-10(14(23)8-9)16-11(18(24)28)6-7-15(26-16)27(19(25)29)17-12(21)2-1-3-13(17)22/h7-21,31-33,35-38,40,51-52,57H,22-24H2,1-6H3,(H,48,54);1-8H,(H2,24,28)(H2,25,29)/t31-,32-,33+,35-,36+,37+,38-,40-,45+,46-,47+;/m0./s1. The fourth-order valence-electron chi connectivity index (χ4n) is 12.9. The molecule has 0 radical (unpaired) electrons. The first-order chi connectivity index (χ1) is 43.0. The number of ketones is 1. The second-order valence-corrected chi connectivity index (χ2v) is 23.2. The number of anilines is 2. The van der Waals surface area contributed by atoms with Gasteiger partial charge in [0.2, 0.25) is 0 Å². The highest BCUT2D eigenvalue weighted by Gasteiger charge is 2.78. The quantitative estimate of drug-likeness (QED) is 0.0268. The summed E-state index contributed by atoms with van der Waals surface area (Å²) in [6, 6.07) is 29.1. The summed E-state index contributed by atoms with van der Waals surface area (Å²) >= 11 is 0. The third kappa shape index (κ3) is 12.2. The van der Waals surface area contributed by atoms with E-state index < -0.39 is 159 Å². The molecule has 476 valence electrons. The molecule has 8 N–H and O–H groups in total. The molecule has 4 aliphatic rings. The van der Waals surface area contributed by atoms with E-state index in [1.54, 1.807) is 92.7 Å². The van der Waals surface area contributed by atoms with Crippen LogP contribution >= 0.6 is 0 Å². The number of hydrogen-bond acceptors (Lipinski definition) is 17. The SMILES string of the molecule is CC(=O)O[C@H]1C(=O)[C@@]2(C)[C@H]([C@H](OC(=O)c3ccccc3)[C@]3(O)C[C@H](OC(=O)[C@H](O)[C@@H](NC(=O)c4ccccc4)c4ccccc4)C(C)=C1C3(C)C)[C@]1(OC(C)=O)CO[C@@H]1C[C@@H]2O.NC(=O)c1ccc(N(C(N)=O)c2c(F)cccc2F)nc1-c1ccc(F)cc1F. The van der Waals surface area contributed by atoms with E-state index in [2.05, 4.69) is 10.3 Å². The van der Waals surface area contributed by atoms with E-state index in [0.717, 1.165) is 56.3 Å². The van der Waals surface area contributed by atoms with Crippen molar-refractivity contribution >= 4 is 59.0 Å². The van der Waals surface area contributed by atoms with Gasteiger partial charge in [-0.3, -0.25) is 24.0 Å². The molecule has 2 saturated carbocycles. The summed E-state index contributed by atoms with van der Waals surface area (Å²) < 4.78 is 86.2. The lowest BCUT2D eigenvalue weighted by Gasteiger charge is -2.67. The van der Waals surface area contributed by atoms with E-state index in [1.165, 1.54) is 26.0 Å². The highest BCUT2D eigenvalue weighted by Crippen LogP contribution is 2.64. The van der Waals surface area contributed by atoms with Gasteiger partial charge in [-0.1, -0.05) is 86.6 Å². The van der Waals surface area contributed by atoms with E-state index in [-0.39, 0.29) is 52.1 Å². The van der Waals surface area contributed by atoms with Crippen LogP contribution in [-0.2, 0) is 42.9 Å². The number of aliphatic hydroxyl groups is 3. The smallest absolute Gasteiger partial charge is 0.338 e. The fourth-order valence-corrected chi connectivity index (χ4v) is 12.9. The number of carbonyl (C=O) groups is 8. The Morgan fingerprint density at radius 1 is 0.758 bits per heavy atom. The number of aromatic nitrogens is 1. The number of carbonyl (C=O) groups excluding carboxylic acids is 8. The summed E-state index contributed by atoms with van der Waals surface area (Å²) in [6.07, 6.45) is -10.5. The second-order valence-electron chi connectivity index (χ2n) is 23.2. The third-order valence-corrected chi connectivity index (χ3v) is 17.4. The van der Waals surface area contributed by atoms with Crippen molar-refractivity contribution in [3.05, 3.63) is 196 Å². The number of fused-ring (bicyclic) bond motifs is 5. The maximum atomic E-state index is 15.5. The minimum absolute atomic E-state index is 0.00289. The number of rotatable bonds is 14. The monoisotopic (exact) mass is 1260 g/mol. The predicted molar refractivity (Wildman–Crippen MR) is 314 cm³/mol. The zero-order valence-electron chi connectivity index (χ0n) is 49.7. The summed E-state index contributed by atoms with van der Waals surface area (Å²) in [5.74, 6) is -12.4. The highest BCUT2D eigenvalue weighted by atomic mass is 19.1. The molecule has 91 heavy (non-hydrogen) atoms. The lowest BCUT2D eigenvalue weighted by Crippen LogP contribution is -2.82. The Labute approximate surface area is 517 Å². The van der Waals surface area contributed by atoms with Crippen LogP contribution in [0.1, 0.15) is 97.1 Å². The Morgan fingerprint density at radius 3 is 1.91 bits per heavy atom. The minimum atomic E-state index is -2.39. The number of amides is 4. The van der Waals surface area contributed by atoms with Crippen molar-refractivity contribution in [2.24, 2.45) is 28.2 Å². The number of benzene rings is 5. The van der Waals surface area contributed by atoms with Crippen molar-refractivity contribution < 1.29 is 94.9 Å². The van der Waals surface area contributed by atoms with Gasteiger partial charge in [-0.25, -0.2) is 41.8 Å². The first-order valence-corrected chi connectivity index (χ1v) is 28.5. The molecule has 0 unspecified atom stereocenters. The molecule has 1 aromatic heterocycles. The lowest BCUT2D eigenvalue weighted by atomic mass is 9.44. The largest absolute Gasteiger partial charge is 0.456 e. The summed E-state index contributed by atoms with van der Waals surface area (Å²) in [5, 5.41) is 40.2. The Kier molecular flexibility index (Phi) is 18.5. The average Bonchev–Trinajstić information content (AvgIpc) is 0.676. The van der Waals surface area contributed by atoms with Gasteiger partial charge in [-0.15, -0.1) is 0 Å². The van der Waals surface area contributed by atoms with Crippen LogP contribution in [0.15, 0.2) is 151 Å². The van der Waals surface area contributed by atoms with Crippen molar-refractivity contribution in [1.82, 2.24) is 10.3 Å². The van der Waals surface area contributed by atoms with Crippen molar-refractivity contribution in [2.45, 2.75) is 108 Å². The average molecular weight is 1260 g/mol. The molecule has 3 fully saturated rings. The number of esters is 4. The number of hydrogen-bond donors (Lipinski definition) is 6. The predicted octanol–water partition coefficient (Wildman–Crippen LogP) is 7.36. The Morgan fingerprint density at radius 2 is 1.36 bits per heavy atom. The van der Waals surface area contributed by atoms with Gasteiger partial charge in [0.1, 0.15) is 58.7 Å². The first-order valence-electron chi connectivity index (χ1n) is 28.5. The lowest BCUT2D eigenvalue weighted by molar-refractivity contribution is -0.346. The van der Waals surface area contributed by atoms with Crippen molar-refractivity contribution in [2.75, 3.05) is 11.5 Å². The van der Waals surface area contributed by atoms with Crippen LogP contribution in [0, 0.1) is 40.0 Å². The number of urea groups is 1. The van der Waals surface area contributed by atoms with Gasteiger partial charge in [-0.2, -0.15) is 0 Å². The maximum absolute atomic E-state index is 15.5. The molecule has 25 heteroatoms. The number of ether oxygens (including phenoxy) is 5. The van der Waals surface area contributed by atoms with Crippen molar-refractivity contribution in [1.29, 1.82) is 0 Å². The molecule has 2 bridgehead atoms. The number of pyridine rings is 1. The maximum Gasteiger partial charge on any atom is 0.338 e. The van der Waals surface area contributed by atoms with Gasteiger partial charge in [0.05, 0.1) is 46.9 Å². The summed E-state index contributed by atoms with van der Waals surface area (Å²) in [5.41, 5.74) is 1.77. The Hall–Kier alpha value is -9.69. The van der Waals surface area contributed by atoms with Gasteiger partial charge in [-0.05, 0) is 91.2 Å². The first kappa shape index (κ1) is 65.7. The van der Waals surface area contributed by atoms with E-state index >= 15 is 4.79 Å². The number of para-hydroxylation sites is 1. The number of nitrogens with zero attached hydrogens (tertiary/aromatic N) is 2. The van der Waals surface area contributed by atoms with Gasteiger partial charge in [0, 0.05) is 49.3 Å². The van der Waals surface area contributed by atoms with Crippen LogP contribution in [0.5, 0.6) is 0 Å². The third-order valence-electron chi connectivity index (χ3n) is 17.4. The molecule has 1 saturated heterocycles. The Balaban J connectivity index is 0.000000282. The minimum Gasteiger partial charge on any atom is -0.456 e. The summed E-state index contributed by atoms with van der Waals surface area (Å²) in [4.78, 5) is 112. The molecule has 3 aliphatic carbocycles. The fraction of sp³-hybridized carbons (Fsp3) is 0.318. The highest BCUT2D eigenvalue weighted by molar-refractivity contribution is 6.02. The molecule has 10 rings (SSSR count). The number of aliphatic hydroxyl groups excluding tert-OH is 2. The molecule has 5 aromatic carbocycles. The van der Waals surface area contributed by atoms with Gasteiger partial charge in [0.25, 0.3) is 11.8 Å². The molecular weight excluding hydrogens is 1190 g/mol. The van der Waals surface area contributed by atoms with Crippen LogP contribution in [0.4, 0.5) is 33.9 Å². The van der Waals surface area contributed by atoms with Gasteiger partial charge >= 0.3 is 29.9 Å². The number of nitrogens with one attached hydrogen (secondary N) is 1. The van der Waals surface area contributed by atoms with E-state index in [0.29, 0.717) is 16.5 Å². The molecule has 0 spiro atoms. The number of halogens is 4. The molecule has 4 amide bonds. The number of nitrogens with two attached hydrogens (primary N) is 2. The van der Waals surface area contributed by atoms with Crippen LogP contribution in [0.2, 0.25) is 0 Å². The van der Waals surface area contributed by atoms with Crippen molar-refractivity contribution in [3.63, 3.8) is 0 Å². The Bertz CT molecular complexity index is 3880. The zero-order valence-corrected chi connectivity index (χ0v) is 49.7. The van der Waals surface area contributed by atoms with Crippen LogP contribution in [0.3, 0.4) is 0 Å². The molecule has 6 aromatic rings. The topological polar surface area (TPSA) is 324 Å². The molecule has 2 heterocycles. The zero-order chi connectivity index (χ0) is 66.2. The van der Waals surface area contributed by atoms with E-state index in [4.69, 9.17) is 35.2 Å². The number of Topliss-reactive ketones (excluding diaryl/α,β-unsaturated/α-hetero) is 1. The van der Waals surface area contributed by atoms with E-state index in [1.807, 2.05) is 0 Å². The van der Waals surface area contributed by atoms with Crippen molar-refractivity contribution in [3.8, 4) is 11.3 Å². The summed E-state index contributed by atoms with van der Waals surface area (Å²) in [7, 11) is 0.